The van der Waals surface area contributed by atoms with Gasteiger partial charge in [-0.05, 0) is 31.4 Å². The monoisotopic (exact) mass is 317 g/mol. The van der Waals surface area contributed by atoms with Crippen LogP contribution in [0.3, 0.4) is 0 Å². The van der Waals surface area contributed by atoms with Crippen LogP contribution in [0.15, 0.2) is 23.1 Å². The average Bonchev–Trinajstić information content (AvgIpc) is 2.46. The maximum atomic E-state index is 13.9. The van der Waals surface area contributed by atoms with Crippen LogP contribution in [0.4, 0.5) is 10.1 Å². The number of nitro benzene ring substituents is 1. The highest BCUT2D eigenvalue weighted by atomic mass is 32.2. The Kier molecular flexibility index (Phi) is 4.55. The zero-order valence-corrected chi connectivity index (χ0v) is 12.1. The molecule has 1 aromatic rings. The molecule has 2 rings (SSSR count). The van der Waals surface area contributed by atoms with Gasteiger partial charge in [0.2, 0.25) is 10.0 Å². The minimum Gasteiger partial charge on any atom is -0.330 e. The topological polar surface area (TPSA) is 107 Å². The molecule has 1 aliphatic heterocycles. The molecule has 116 valence electrons. The highest BCUT2D eigenvalue weighted by Gasteiger charge is 2.31. The number of sulfonamides is 1. The Bertz CT molecular complexity index is 642. The van der Waals surface area contributed by atoms with Gasteiger partial charge in [-0.15, -0.1) is 0 Å². The number of non-ortho nitro benzene ring substituents is 1. The first kappa shape index (κ1) is 15.8. The largest absolute Gasteiger partial charge is 0.330 e. The molecule has 0 spiro atoms. The third kappa shape index (κ3) is 3.20. The molecular weight excluding hydrogens is 301 g/mol. The van der Waals surface area contributed by atoms with Crippen LogP contribution in [0.25, 0.3) is 0 Å². The van der Waals surface area contributed by atoms with Crippen molar-refractivity contribution in [3.05, 3.63) is 34.1 Å². The third-order valence-electron chi connectivity index (χ3n) is 3.65. The Labute approximate surface area is 121 Å². The summed E-state index contributed by atoms with van der Waals surface area (Å²) in [5, 5.41) is 10.6. The first-order valence-electron chi connectivity index (χ1n) is 6.50. The summed E-state index contributed by atoms with van der Waals surface area (Å²) in [5.74, 6) is -0.830. The van der Waals surface area contributed by atoms with Crippen LogP contribution in [0.5, 0.6) is 0 Å². The Morgan fingerprint density at radius 3 is 2.48 bits per heavy atom. The molecule has 9 heteroatoms. The van der Waals surface area contributed by atoms with Crippen LogP contribution < -0.4 is 5.73 Å². The quantitative estimate of drug-likeness (QED) is 0.661. The SMILES string of the molecule is NCC1CCN(S(=O)(=O)c2ccc([N+](=O)[O-])cc2F)CC1. The van der Waals surface area contributed by atoms with Gasteiger partial charge in [-0.25, -0.2) is 12.8 Å². The van der Waals surface area contributed by atoms with E-state index in [0.717, 1.165) is 12.1 Å². The summed E-state index contributed by atoms with van der Waals surface area (Å²) in [6.07, 6.45) is 1.26. The summed E-state index contributed by atoms with van der Waals surface area (Å²) in [6.45, 7) is 1.06. The Morgan fingerprint density at radius 2 is 2.00 bits per heavy atom. The summed E-state index contributed by atoms with van der Waals surface area (Å²) < 4.78 is 39.8. The zero-order valence-electron chi connectivity index (χ0n) is 11.2. The van der Waals surface area contributed by atoms with Gasteiger partial charge in [0.25, 0.3) is 5.69 Å². The number of hydrogen-bond acceptors (Lipinski definition) is 5. The van der Waals surface area contributed by atoms with Gasteiger partial charge in [-0.3, -0.25) is 10.1 Å². The van der Waals surface area contributed by atoms with E-state index in [1.807, 2.05) is 0 Å². The lowest BCUT2D eigenvalue weighted by Gasteiger charge is -2.30. The van der Waals surface area contributed by atoms with E-state index in [1.165, 1.54) is 4.31 Å². The maximum absolute atomic E-state index is 13.9. The fourth-order valence-corrected chi connectivity index (χ4v) is 3.85. The minimum atomic E-state index is -3.97. The van der Waals surface area contributed by atoms with Crippen LogP contribution in [-0.4, -0.2) is 37.3 Å². The number of piperidine rings is 1. The number of nitro groups is 1. The second-order valence-electron chi connectivity index (χ2n) is 4.95. The maximum Gasteiger partial charge on any atom is 0.272 e. The van der Waals surface area contributed by atoms with E-state index in [2.05, 4.69) is 0 Å². The van der Waals surface area contributed by atoms with Gasteiger partial charge in [-0.1, -0.05) is 0 Å². The molecule has 0 saturated carbocycles. The van der Waals surface area contributed by atoms with Gasteiger partial charge < -0.3 is 5.73 Å². The van der Waals surface area contributed by atoms with Crippen molar-refractivity contribution in [3.8, 4) is 0 Å². The summed E-state index contributed by atoms with van der Waals surface area (Å²) in [5.41, 5.74) is 5.07. The molecule has 1 saturated heterocycles. The van der Waals surface area contributed by atoms with Gasteiger partial charge >= 0.3 is 0 Å². The molecule has 0 aromatic heterocycles. The molecule has 1 heterocycles. The van der Waals surface area contributed by atoms with Gasteiger partial charge in [0.15, 0.2) is 0 Å². The van der Waals surface area contributed by atoms with E-state index in [1.54, 1.807) is 0 Å². The lowest BCUT2D eigenvalue weighted by molar-refractivity contribution is -0.385. The number of benzene rings is 1. The molecular formula is C12H16FN3O4S. The summed E-state index contributed by atoms with van der Waals surface area (Å²) in [6, 6.07) is 2.56. The Morgan fingerprint density at radius 1 is 1.38 bits per heavy atom. The smallest absolute Gasteiger partial charge is 0.272 e. The van der Waals surface area contributed by atoms with Crippen molar-refractivity contribution in [2.75, 3.05) is 19.6 Å². The standard InChI is InChI=1S/C12H16FN3O4S/c13-11-7-10(16(17)18)1-2-12(11)21(19,20)15-5-3-9(8-14)4-6-15/h1-2,7,9H,3-6,8,14H2. The molecule has 7 nitrogen and oxygen atoms in total. The van der Waals surface area contributed by atoms with E-state index in [4.69, 9.17) is 5.73 Å². The van der Waals surface area contributed by atoms with Gasteiger partial charge in [-0.2, -0.15) is 4.31 Å². The molecule has 0 atom stereocenters. The van der Waals surface area contributed by atoms with Crippen LogP contribution in [0.1, 0.15) is 12.8 Å². The normalized spacial score (nSPS) is 17.8. The molecule has 2 N–H and O–H groups in total. The number of hydrogen-bond donors (Lipinski definition) is 1. The highest BCUT2D eigenvalue weighted by Crippen LogP contribution is 2.26. The van der Waals surface area contributed by atoms with Crippen LogP contribution >= 0.6 is 0 Å². The predicted octanol–water partition coefficient (Wildman–Crippen LogP) is 1.09. The lowest BCUT2D eigenvalue weighted by Crippen LogP contribution is -2.40. The first-order valence-corrected chi connectivity index (χ1v) is 7.94. The van der Waals surface area contributed by atoms with E-state index >= 15 is 0 Å². The molecule has 0 radical (unpaired) electrons. The van der Waals surface area contributed by atoms with E-state index in [9.17, 15) is 22.9 Å². The molecule has 1 aromatic carbocycles. The van der Waals surface area contributed by atoms with Crippen LogP contribution in [0.2, 0.25) is 0 Å². The predicted molar refractivity (Wildman–Crippen MR) is 73.6 cm³/mol. The van der Waals surface area contributed by atoms with Crippen LogP contribution in [-0.2, 0) is 10.0 Å². The number of rotatable bonds is 4. The molecule has 0 aliphatic carbocycles. The highest BCUT2D eigenvalue weighted by molar-refractivity contribution is 7.89. The van der Waals surface area contributed by atoms with Crippen molar-refractivity contribution >= 4 is 15.7 Å². The number of nitrogens with two attached hydrogens (primary N) is 1. The third-order valence-corrected chi connectivity index (χ3v) is 5.58. The van der Waals surface area contributed by atoms with E-state index < -0.39 is 31.3 Å². The molecule has 1 aliphatic rings. The van der Waals surface area contributed by atoms with Crippen molar-refractivity contribution < 1.29 is 17.7 Å². The molecule has 0 unspecified atom stereocenters. The zero-order chi connectivity index (χ0) is 15.6. The van der Waals surface area contributed by atoms with E-state index in [0.29, 0.717) is 25.5 Å². The average molecular weight is 317 g/mol. The van der Waals surface area contributed by atoms with Gasteiger partial charge in [0.1, 0.15) is 10.7 Å². The number of halogens is 1. The van der Waals surface area contributed by atoms with Crippen molar-refractivity contribution in [2.24, 2.45) is 11.7 Å². The summed E-state index contributed by atoms with van der Waals surface area (Å²) in [4.78, 5) is 9.25. The van der Waals surface area contributed by atoms with Gasteiger partial charge in [0, 0.05) is 19.2 Å². The van der Waals surface area contributed by atoms with Crippen LogP contribution in [0, 0.1) is 21.8 Å². The van der Waals surface area contributed by atoms with Crippen molar-refractivity contribution in [3.63, 3.8) is 0 Å². The lowest BCUT2D eigenvalue weighted by atomic mass is 9.99. The molecule has 1 fully saturated rings. The summed E-state index contributed by atoms with van der Waals surface area (Å²) in [7, 11) is -3.97. The molecule has 0 amide bonds. The first-order chi connectivity index (χ1) is 9.86. The second kappa shape index (κ2) is 6.04. The van der Waals surface area contributed by atoms with E-state index in [-0.39, 0.29) is 19.0 Å². The van der Waals surface area contributed by atoms with Gasteiger partial charge in [0.05, 0.1) is 11.0 Å². The van der Waals surface area contributed by atoms with Crippen molar-refractivity contribution in [1.82, 2.24) is 4.31 Å². The Balaban J connectivity index is 2.26. The second-order valence-corrected chi connectivity index (χ2v) is 6.86. The van der Waals surface area contributed by atoms with Crippen molar-refractivity contribution in [2.45, 2.75) is 17.7 Å². The fraction of sp³-hybridized carbons (Fsp3) is 0.500. The minimum absolute atomic E-state index is 0.276. The molecule has 0 bridgehead atoms. The fourth-order valence-electron chi connectivity index (χ4n) is 2.34. The Hall–Kier alpha value is -1.58. The number of nitrogens with zero attached hydrogens (tertiary/aromatic N) is 2. The molecule has 21 heavy (non-hydrogen) atoms. The summed E-state index contributed by atoms with van der Waals surface area (Å²) >= 11 is 0. The van der Waals surface area contributed by atoms with Crippen molar-refractivity contribution in [1.29, 1.82) is 0 Å².